The summed E-state index contributed by atoms with van der Waals surface area (Å²) >= 11 is 1.43. The van der Waals surface area contributed by atoms with Gasteiger partial charge in [0, 0.05) is 24.4 Å². The molecular weight excluding hydrogens is 262 g/mol. The van der Waals surface area contributed by atoms with Crippen molar-refractivity contribution in [1.29, 1.82) is 0 Å². The van der Waals surface area contributed by atoms with Gasteiger partial charge in [-0.15, -0.1) is 11.8 Å². The van der Waals surface area contributed by atoms with Gasteiger partial charge in [0.25, 0.3) is 0 Å². The summed E-state index contributed by atoms with van der Waals surface area (Å²) in [5, 5.41) is 0. The molecular formula is C14H17NO3S. The zero-order chi connectivity index (χ0) is 13.7. The van der Waals surface area contributed by atoms with E-state index in [1.165, 1.54) is 24.4 Å². The first kappa shape index (κ1) is 13.9. The molecule has 0 aromatic heterocycles. The Morgan fingerprint density at radius 1 is 1.37 bits per heavy atom. The molecule has 19 heavy (non-hydrogen) atoms. The summed E-state index contributed by atoms with van der Waals surface area (Å²) < 4.78 is 4.55. The normalized spacial score (nSPS) is 13.2. The number of anilines is 1. The number of hydrogen-bond donors (Lipinski definition) is 0. The van der Waals surface area contributed by atoms with Crippen molar-refractivity contribution in [2.75, 3.05) is 30.1 Å². The lowest BCUT2D eigenvalue weighted by Crippen LogP contribution is -2.29. The Hall–Kier alpha value is -1.49. The highest BCUT2D eigenvalue weighted by Crippen LogP contribution is 2.28. The van der Waals surface area contributed by atoms with Gasteiger partial charge in [0.1, 0.15) is 0 Å². The fourth-order valence-corrected chi connectivity index (χ4v) is 2.85. The number of esters is 1. The molecule has 0 atom stereocenters. The lowest BCUT2D eigenvalue weighted by atomic mass is 10.2. The number of ether oxygens (including phenoxy) is 1. The molecule has 0 saturated carbocycles. The van der Waals surface area contributed by atoms with E-state index < -0.39 is 0 Å². The molecule has 5 heteroatoms. The van der Waals surface area contributed by atoms with E-state index in [1.807, 2.05) is 23.1 Å². The molecule has 1 aliphatic rings. The second-order valence-electron chi connectivity index (χ2n) is 4.30. The van der Waals surface area contributed by atoms with E-state index in [9.17, 15) is 9.59 Å². The molecule has 0 N–H and O–H groups in total. The maximum atomic E-state index is 12.1. The molecule has 1 aromatic carbocycles. The van der Waals surface area contributed by atoms with Crippen molar-refractivity contribution < 1.29 is 14.3 Å². The minimum Gasteiger partial charge on any atom is -0.468 e. The van der Waals surface area contributed by atoms with Crippen LogP contribution in [-0.2, 0) is 20.7 Å². The monoisotopic (exact) mass is 279 g/mol. The Labute approximate surface area is 117 Å². The molecule has 0 radical (unpaired) electrons. The highest BCUT2D eigenvalue weighted by atomic mass is 32.2. The quantitative estimate of drug-likeness (QED) is 0.610. The van der Waals surface area contributed by atoms with Crippen LogP contribution in [0.15, 0.2) is 24.3 Å². The van der Waals surface area contributed by atoms with E-state index in [-0.39, 0.29) is 11.9 Å². The first-order chi connectivity index (χ1) is 9.22. The molecule has 0 bridgehead atoms. The average Bonchev–Trinajstić information content (AvgIpc) is 2.87. The van der Waals surface area contributed by atoms with Gasteiger partial charge in [-0.25, -0.2) is 0 Å². The predicted octanol–water partition coefficient (Wildman–Crippen LogP) is 1.87. The van der Waals surface area contributed by atoms with Crippen molar-refractivity contribution in [3.8, 4) is 0 Å². The van der Waals surface area contributed by atoms with E-state index in [1.54, 1.807) is 0 Å². The largest absolute Gasteiger partial charge is 0.468 e. The van der Waals surface area contributed by atoms with E-state index in [0.717, 1.165) is 18.7 Å². The summed E-state index contributed by atoms with van der Waals surface area (Å²) in [5.74, 6) is 0.832. The molecule has 1 aromatic rings. The van der Waals surface area contributed by atoms with Gasteiger partial charge in [-0.05, 0) is 18.1 Å². The second kappa shape index (κ2) is 6.61. The predicted molar refractivity (Wildman–Crippen MR) is 76.5 cm³/mol. The van der Waals surface area contributed by atoms with Crippen molar-refractivity contribution in [3.05, 3.63) is 29.8 Å². The molecule has 1 aliphatic heterocycles. The molecule has 1 amide bonds. The fourth-order valence-electron chi connectivity index (χ4n) is 2.11. The number of fused-ring (bicyclic) bond motifs is 1. The summed E-state index contributed by atoms with van der Waals surface area (Å²) in [4.78, 5) is 24.9. The number of rotatable bonds is 5. The molecule has 1 heterocycles. The van der Waals surface area contributed by atoms with Gasteiger partial charge in [-0.1, -0.05) is 18.2 Å². The number of carbonyl (C=O) groups is 2. The highest BCUT2D eigenvalue weighted by Gasteiger charge is 2.23. The van der Waals surface area contributed by atoms with Crippen LogP contribution >= 0.6 is 11.8 Å². The number of hydrogen-bond acceptors (Lipinski definition) is 4. The van der Waals surface area contributed by atoms with E-state index in [0.29, 0.717) is 17.9 Å². The van der Waals surface area contributed by atoms with Crippen LogP contribution in [-0.4, -0.2) is 37.0 Å². The van der Waals surface area contributed by atoms with E-state index in [4.69, 9.17) is 0 Å². The first-order valence-corrected chi connectivity index (χ1v) is 7.40. The van der Waals surface area contributed by atoms with Gasteiger partial charge in [0.2, 0.25) is 5.91 Å². The van der Waals surface area contributed by atoms with Crippen molar-refractivity contribution in [1.82, 2.24) is 0 Å². The standard InChI is InChI=1S/C14H17NO3S/c1-18-14(17)10-19-9-7-13(16)15-8-6-11-4-2-3-5-12(11)15/h2-5H,6-10H2,1H3. The average molecular weight is 279 g/mol. The highest BCUT2D eigenvalue weighted by molar-refractivity contribution is 7.99. The van der Waals surface area contributed by atoms with E-state index in [2.05, 4.69) is 10.8 Å². The van der Waals surface area contributed by atoms with Gasteiger partial charge in [0.05, 0.1) is 12.9 Å². The maximum Gasteiger partial charge on any atom is 0.315 e. The Balaban J connectivity index is 1.80. The van der Waals surface area contributed by atoms with Crippen LogP contribution in [0.3, 0.4) is 0 Å². The summed E-state index contributed by atoms with van der Waals surface area (Å²) in [7, 11) is 1.37. The Morgan fingerprint density at radius 3 is 2.95 bits per heavy atom. The zero-order valence-electron chi connectivity index (χ0n) is 10.9. The number of thioether (sulfide) groups is 1. The van der Waals surface area contributed by atoms with Gasteiger partial charge < -0.3 is 9.64 Å². The van der Waals surface area contributed by atoms with Crippen molar-refractivity contribution >= 4 is 29.3 Å². The minimum absolute atomic E-state index is 0.127. The minimum atomic E-state index is -0.246. The zero-order valence-corrected chi connectivity index (χ0v) is 11.7. The molecule has 0 fully saturated rings. The van der Waals surface area contributed by atoms with Crippen LogP contribution in [0, 0.1) is 0 Å². The van der Waals surface area contributed by atoms with Crippen LogP contribution < -0.4 is 4.90 Å². The molecule has 4 nitrogen and oxygen atoms in total. The number of methoxy groups -OCH3 is 1. The molecule has 0 unspecified atom stereocenters. The number of nitrogens with zero attached hydrogens (tertiary/aromatic N) is 1. The summed E-state index contributed by atoms with van der Waals surface area (Å²) in [5.41, 5.74) is 2.27. The van der Waals surface area contributed by atoms with Crippen LogP contribution in [0.2, 0.25) is 0 Å². The SMILES string of the molecule is COC(=O)CSCCC(=O)N1CCc2ccccc21. The number of para-hydroxylation sites is 1. The fraction of sp³-hybridized carbons (Fsp3) is 0.429. The van der Waals surface area contributed by atoms with Crippen molar-refractivity contribution in [2.24, 2.45) is 0 Å². The summed E-state index contributed by atoms with van der Waals surface area (Å²) in [6.07, 6.45) is 1.38. The van der Waals surface area contributed by atoms with Crippen LogP contribution in [0.25, 0.3) is 0 Å². The van der Waals surface area contributed by atoms with Gasteiger partial charge >= 0.3 is 5.97 Å². The number of benzene rings is 1. The van der Waals surface area contributed by atoms with Crippen LogP contribution in [0.5, 0.6) is 0 Å². The van der Waals surface area contributed by atoms with E-state index >= 15 is 0 Å². The van der Waals surface area contributed by atoms with Gasteiger partial charge in [-0.3, -0.25) is 9.59 Å². The number of carbonyl (C=O) groups excluding carboxylic acids is 2. The first-order valence-electron chi connectivity index (χ1n) is 6.25. The lowest BCUT2D eigenvalue weighted by molar-refractivity contribution is -0.137. The lowest BCUT2D eigenvalue weighted by Gasteiger charge is -2.17. The third-order valence-electron chi connectivity index (χ3n) is 3.10. The molecule has 102 valence electrons. The molecule has 0 aliphatic carbocycles. The second-order valence-corrected chi connectivity index (χ2v) is 5.41. The Kier molecular flexibility index (Phi) is 4.85. The third-order valence-corrected chi connectivity index (χ3v) is 4.03. The topological polar surface area (TPSA) is 46.6 Å². The maximum absolute atomic E-state index is 12.1. The van der Waals surface area contributed by atoms with Gasteiger partial charge in [0.15, 0.2) is 0 Å². The summed E-state index contributed by atoms with van der Waals surface area (Å²) in [6.45, 7) is 0.764. The van der Waals surface area contributed by atoms with Crippen LogP contribution in [0.1, 0.15) is 12.0 Å². The van der Waals surface area contributed by atoms with Crippen molar-refractivity contribution in [3.63, 3.8) is 0 Å². The number of amides is 1. The smallest absolute Gasteiger partial charge is 0.315 e. The van der Waals surface area contributed by atoms with Crippen LogP contribution in [0.4, 0.5) is 5.69 Å². The molecule has 0 spiro atoms. The summed E-state index contributed by atoms with van der Waals surface area (Å²) in [6, 6.07) is 8.01. The molecule has 2 rings (SSSR count). The third kappa shape index (κ3) is 3.50. The Bertz CT molecular complexity index is 476. The molecule has 0 saturated heterocycles. The van der Waals surface area contributed by atoms with Crippen molar-refractivity contribution in [2.45, 2.75) is 12.8 Å². The van der Waals surface area contributed by atoms with Gasteiger partial charge in [-0.2, -0.15) is 0 Å². The Morgan fingerprint density at radius 2 is 2.16 bits per heavy atom.